The average Bonchev–Trinajstić information content (AvgIpc) is 3.09. The number of hydrogen-bond donors (Lipinski definition) is 1. The Balaban J connectivity index is 1.80. The highest BCUT2D eigenvalue weighted by molar-refractivity contribution is 9.10. The number of fused-ring (bicyclic) bond motifs is 1. The zero-order valence-electron chi connectivity index (χ0n) is 11.2. The Hall–Kier alpha value is -1.11. The molecule has 6 heteroatoms. The van der Waals surface area contributed by atoms with Crippen molar-refractivity contribution in [3.63, 3.8) is 0 Å². The predicted octanol–water partition coefficient (Wildman–Crippen LogP) is 4.03. The van der Waals surface area contributed by atoms with E-state index in [4.69, 9.17) is 4.42 Å². The Labute approximate surface area is 130 Å². The van der Waals surface area contributed by atoms with Crippen molar-refractivity contribution in [3.8, 4) is 0 Å². The number of aromatic nitrogens is 2. The molecule has 0 amide bonds. The number of nitrogens with one attached hydrogen (secondary N) is 1. The minimum Gasteiger partial charge on any atom is -0.453 e. The molecular formula is C14H16BrN3OS. The molecular weight excluding hydrogens is 338 g/mol. The highest BCUT2D eigenvalue weighted by Crippen LogP contribution is 2.24. The summed E-state index contributed by atoms with van der Waals surface area (Å²) in [5, 5.41) is 5.57. The van der Waals surface area contributed by atoms with Gasteiger partial charge in [-0.25, -0.2) is 4.98 Å². The average molecular weight is 354 g/mol. The standard InChI is InChI=1S/C14H16BrN3OS/c1-2-5-16-11(12-3-4-13(15)19-12)8-10-9-18-6-7-20-14(18)17-10/h3-4,6-7,9,11,16H,2,5,8H2,1H3. The maximum atomic E-state index is 5.69. The molecule has 3 heterocycles. The second kappa shape index (κ2) is 6.11. The van der Waals surface area contributed by atoms with Crippen LogP contribution in [0.1, 0.15) is 30.8 Å². The molecule has 1 unspecified atom stereocenters. The summed E-state index contributed by atoms with van der Waals surface area (Å²) in [6.07, 6.45) is 6.05. The highest BCUT2D eigenvalue weighted by atomic mass is 79.9. The quantitative estimate of drug-likeness (QED) is 0.727. The molecule has 4 nitrogen and oxygen atoms in total. The molecule has 3 rings (SSSR count). The van der Waals surface area contributed by atoms with Crippen molar-refractivity contribution in [3.05, 3.63) is 46.0 Å². The van der Waals surface area contributed by atoms with Gasteiger partial charge >= 0.3 is 0 Å². The van der Waals surface area contributed by atoms with E-state index in [9.17, 15) is 0 Å². The lowest BCUT2D eigenvalue weighted by atomic mass is 10.1. The minimum absolute atomic E-state index is 0.158. The van der Waals surface area contributed by atoms with Crippen molar-refractivity contribution < 1.29 is 4.42 Å². The van der Waals surface area contributed by atoms with Gasteiger partial charge in [-0.15, -0.1) is 11.3 Å². The second-order valence-corrected chi connectivity index (χ2v) is 6.33. The van der Waals surface area contributed by atoms with Gasteiger partial charge in [0, 0.05) is 24.2 Å². The predicted molar refractivity (Wildman–Crippen MR) is 84.2 cm³/mol. The minimum atomic E-state index is 0.158. The van der Waals surface area contributed by atoms with E-state index in [1.165, 1.54) is 0 Å². The van der Waals surface area contributed by atoms with E-state index < -0.39 is 0 Å². The summed E-state index contributed by atoms with van der Waals surface area (Å²) in [5.74, 6) is 0.946. The molecule has 3 aromatic heterocycles. The van der Waals surface area contributed by atoms with Crippen LogP contribution in [0.4, 0.5) is 0 Å². The molecule has 0 saturated carbocycles. The summed E-state index contributed by atoms with van der Waals surface area (Å²) >= 11 is 5.02. The first-order valence-electron chi connectivity index (χ1n) is 6.66. The van der Waals surface area contributed by atoms with Gasteiger partial charge in [-0.05, 0) is 41.0 Å². The zero-order valence-corrected chi connectivity index (χ0v) is 13.6. The summed E-state index contributed by atoms with van der Waals surface area (Å²) in [6, 6.07) is 4.10. The van der Waals surface area contributed by atoms with E-state index >= 15 is 0 Å². The summed E-state index contributed by atoms with van der Waals surface area (Å²) < 4.78 is 8.52. The van der Waals surface area contributed by atoms with Gasteiger partial charge in [0.25, 0.3) is 0 Å². The van der Waals surface area contributed by atoms with Crippen LogP contribution < -0.4 is 5.32 Å². The summed E-state index contributed by atoms with van der Waals surface area (Å²) in [6.45, 7) is 3.12. The first kappa shape index (κ1) is 13.9. The van der Waals surface area contributed by atoms with Crippen LogP contribution in [0.25, 0.3) is 4.96 Å². The highest BCUT2D eigenvalue weighted by Gasteiger charge is 2.17. The Kier molecular flexibility index (Phi) is 4.24. The van der Waals surface area contributed by atoms with Crippen LogP contribution in [0.2, 0.25) is 0 Å². The molecule has 0 aliphatic rings. The molecule has 3 aromatic rings. The molecule has 0 fully saturated rings. The van der Waals surface area contributed by atoms with Crippen molar-refractivity contribution in [2.24, 2.45) is 0 Å². The van der Waals surface area contributed by atoms with Gasteiger partial charge < -0.3 is 9.73 Å². The first-order valence-corrected chi connectivity index (χ1v) is 8.33. The molecule has 0 aliphatic carbocycles. The molecule has 0 saturated heterocycles. The molecule has 1 N–H and O–H groups in total. The Morgan fingerprint density at radius 1 is 1.50 bits per heavy atom. The maximum Gasteiger partial charge on any atom is 0.193 e. The van der Waals surface area contributed by atoms with Gasteiger partial charge in [0.15, 0.2) is 9.63 Å². The van der Waals surface area contributed by atoms with Crippen LogP contribution in [0.3, 0.4) is 0 Å². The van der Waals surface area contributed by atoms with E-state index in [0.29, 0.717) is 0 Å². The molecule has 0 aromatic carbocycles. The molecule has 20 heavy (non-hydrogen) atoms. The largest absolute Gasteiger partial charge is 0.453 e. The third-order valence-corrected chi connectivity index (χ3v) is 4.33. The lowest BCUT2D eigenvalue weighted by molar-refractivity contribution is 0.398. The molecule has 0 aliphatic heterocycles. The van der Waals surface area contributed by atoms with E-state index in [-0.39, 0.29) is 6.04 Å². The monoisotopic (exact) mass is 353 g/mol. The van der Waals surface area contributed by atoms with Crippen molar-refractivity contribution in [1.82, 2.24) is 14.7 Å². The third-order valence-electron chi connectivity index (χ3n) is 3.13. The maximum absolute atomic E-state index is 5.69. The Morgan fingerprint density at radius 2 is 2.40 bits per heavy atom. The van der Waals surface area contributed by atoms with Crippen LogP contribution in [0, 0.1) is 0 Å². The fourth-order valence-corrected chi connectivity index (χ4v) is 3.23. The van der Waals surface area contributed by atoms with Crippen LogP contribution in [0.5, 0.6) is 0 Å². The van der Waals surface area contributed by atoms with Crippen molar-refractivity contribution in [1.29, 1.82) is 0 Å². The smallest absolute Gasteiger partial charge is 0.193 e. The van der Waals surface area contributed by atoms with E-state index in [1.807, 2.05) is 23.7 Å². The number of rotatable bonds is 6. The van der Waals surface area contributed by atoms with Crippen molar-refractivity contribution in [2.75, 3.05) is 6.54 Å². The van der Waals surface area contributed by atoms with Gasteiger partial charge in [0.1, 0.15) is 5.76 Å². The van der Waals surface area contributed by atoms with Crippen molar-refractivity contribution >= 4 is 32.2 Å². The lowest BCUT2D eigenvalue weighted by Crippen LogP contribution is -2.23. The molecule has 1 atom stereocenters. The molecule has 0 spiro atoms. The van der Waals surface area contributed by atoms with Gasteiger partial charge in [0.05, 0.1) is 11.7 Å². The van der Waals surface area contributed by atoms with Crippen molar-refractivity contribution in [2.45, 2.75) is 25.8 Å². The first-order chi connectivity index (χ1) is 9.76. The number of nitrogens with zero attached hydrogens (tertiary/aromatic N) is 2. The Bertz CT molecular complexity index is 659. The van der Waals surface area contributed by atoms with Gasteiger partial charge in [-0.2, -0.15) is 0 Å². The SMILES string of the molecule is CCCNC(Cc1cn2ccsc2n1)c1ccc(Br)o1. The summed E-state index contributed by atoms with van der Waals surface area (Å²) in [5.41, 5.74) is 1.08. The van der Waals surface area contributed by atoms with Gasteiger partial charge in [-0.3, -0.25) is 4.40 Å². The fraction of sp³-hybridized carbons (Fsp3) is 0.357. The summed E-state index contributed by atoms with van der Waals surface area (Å²) in [7, 11) is 0. The Morgan fingerprint density at radius 3 is 3.10 bits per heavy atom. The number of thiazole rings is 1. The summed E-state index contributed by atoms with van der Waals surface area (Å²) in [4.78, 5) is 5.68. The van der Waals surface area contributed by atoms with E-state index in [1.54, 1.807) is 11.3 Å². The lowest BCUT2D eigenvalue weighted by Gasteiger charge is -2.14. The number of imidazole rings is 1. The van der Waals surface area contributed by atoms with E-state index in [2.05, 4.69) is 43.8 Å². The number of furan rings is 1. The second-order valence-electron chi connectivity index (χ2n) is 4.68. The zero-order chi connectivity index (χ0) is 13.9. The normalized spacial score (nSPS) is 13.1. The number of halogens is 1. The van der Waals surface area contributed by atoms with Gasteiger partial charge in [-0.1, -0.05) is 6.92 Å². The molecule has 106 valence electrons. The van der Waals surface area contributed by atoms with Gasteiger partial charge in [0.2, 0.25) is 0 Å². The van der Waals surface area contributed by atoms with Crippen LogP contribution in [0.15, 0.2) is 39.0 Å². The van der Waals surface area contributed by atoms with Crippen LogP contribution >= 0.6 is 27.3 Å². The molecule has 0 radical (unpaired) electrons. The fourth-order valence-electron chi connectivity index (χ4n) is 2.19. The molecule has 0 bridgehead atoms. The number of hydrogen-bond acceptors (Lipinski definition) is 4. The van der Waals surface area contributed by atoms with Crippen LogP contribution in [-0.2, 0) is 6.42 Å². The van der Waals surface area contributed by atoms with Crippen LogP contribution in [-0.4, -0.2) is 15.9 Å². The third kappa shape index (κ3) is 2.97. The van der Waals surface area contributed by atoms with E-state index in [0.717, 1.165) is 40.5 Å². The topological polar surface area (TPSA) is 42.5 Å².